The monoisotopic (exact) mass is 257 g/mol. The molecule has 0 saturated carbocycles. The Labute approximate surface area is 100 Å². The van der Waals surface area contributed by atoms with E-state index in [0.29, 0.717) is 5.69 Å². The third-order valence-electron chi connectivity index (χ3n) is 2.54. The second-order valence-electron chi connectivity index (χ2n) is 4.07. The van der Waals surface area contributed by atoms with Crippen LogP contribution in [0.5, 0.6) is 0 Å². The summed E-state index contributed by atoms with van der Waals surface area (Å²) in [6, 6.07) is 5.69. The highest BCUT2D eigenvalue weighted by atomic mass is 32.2. The molecule has 1 rings (SSSR count). The molecule has 5 nitrogen and oxygen atoms in total. The normalized spacial score (nSPS) is 12.2. The first kappa shape index (κ1) is 13.5. The molecular weight excluding hydrogens is 242 g/mol. The number of sulfone groups is 1. The van der Waals surface area contributed by atoms with Crippen LogP contribution in [0.2, 0.25) is 0 Å². The minimum absolute atomic E-state index is 0.0436. The molecule has 0 aliphatic carbocycles. The summed E-state index contributed by atoms with van der Waals surface area (Å²) >= 11 is 0. The zero-order valence-electron chi connectivity index (χ0n) is 9.93. The second-order valence-corrected chi connectivity index (χ2v) is 6.57. The summed E-state index contributed by atoms with van der Waals surface area (Å²) in [6.45, 7) is 2.62. The van der Waals surface area contributed by atoms with Gasteiger partial charge >= 0.3 is 5.97 Å². The van der Waals surface area contributed by atoms with Crippen LogP contribution in [-0.4, -0.2) is 26.2 Å². The Morgan fingerprint density at radius 2 is 1.71 bits per heavy atom. The smallest absolute Gasteiger partial charge is 0.327 e. The maximum absolute atomic E-state index is 12.2. The standard InChI is InChI=1S/C11H15NO4S/c1-11(2,10(13)16-3)17(14,15)9-6-4-8(12)5-7-9/h4-7H,12H2,1-3H3. The van der Waals surface area contributed by atoms with Crippen molar-refractivity contribution in [2.45, 2.75) is 23.5 Å². The van der Waals surface area contributed by atoms with Gasteiger partial charge in [0.2, 0.25) is 0 Å². The fourth-order valence-electron chi connectivity index (χ4n) is 1.30. The first-order chi connectivity index (χ1) is 7.73. The van der Waals surface area contributed by atoms with E-state index in [1.807, 2.05) is 0 Å². The minimum Gasteiger partial charge on any atom is -0.468 e. The summed E-state index contributed by atoms with van der Waals surface area (Å²) in [4.78, 5) is 11.5. The zero-order chi connectivity index (χ0) is 13.3. The third-order valence-corrected chi connectivity index (χ3v) is 4.94. The van der Waals surface area contributed by atoms with Crippen LogP contribution in [0, 0.1) is 0 Å². The van der Waals surface area contributed by atoms with Gasteiger partial charge in [0.15, 0.2) is 14.6 Å². The SMILES string of the molecule is COC(=O)C(C)(C)S(=O)(=O)c1ccc(N)cc1. The molecule has 0 unspecified atom stereocenters. The third kappa shape index (κ3) is 2.26. The topological polar surface area (TPSA) is 86.5 Å². The van der Waals surface area contributed by atoms with Gasteiger partial charge in [-0.3, -0.25) is 4.79 Å². The summed E-state index contributed by atoms with van der Waals surface area (Å²) in [5.41, 5.74) is 5.94. The fraction of sp³-hybridized carbons (Fsp3) is 0.364. The van der Waals surface area contributed by atoms with Gasteiger partial charge in [0.1, 0.15) is 0 Å². The Kier molecular flexibility index (Phi) is 3.47. The average molecular weight is 257 g/mol. The molecule has 0 fully saturated rings. The van der Waals surface area contributed by atoms with E-state index in [1.54, 1.807) is 0 Å². The molecule has 94 valence electrons. The summed E-state index contributed by atoms with van der Waals surface area (Å²) in [7, 11) is -2.64. The summed E-state index contributed by atoms with van der Waals surface area (Å²) < 4.78 is 27.3. The van der Waals surface area contributed by atoms with Crippen molar-refractivity contribution in [3.8, 4) is 0 Å². The first-order valence-corrected chi connectivity index (χ1v) is 6.40. The number of carbonyl (C=O) groups is 1. The van der Waals surface area contributed by atoms with Crippen LogP contribution >= 0.6 is 0 Å². The molecule has 0 amide bonds. The number of esters is 1. The molecule has 0 saturated heterocycles. The molecule has 2 N–H and O–H groups in total. The first-order valence-electron chi connectivity index (χ1n) is 4.92. The van der Waals surface area contributed by atoms with Crippen LogP contribution in [0.4, 0.5) is 5.69 Å². The van der Waals surface area contributed by atoms with E-state index in [1.165, 1.54) is 38.1 Å². The second kappa shape index (κ2) is 4.37. The maximum Gasteiger partial charge on any atom is 0.327 e. The highest BCUT2D eigenvalue weighted by Crippen LogP contribution is 2.26. The Morgan fingerprint density at radius 3 is 2.12 bits per heavy atom. The Hall–Kier alpha value is -1.56. The lowest BCUT2D eigenvalue weighted by Crippen LogP contribution is -2.41. The Bertz CT molecular complexity index is 517. The van der Waals surface area contributed by atoms with Gasteiger partial charge in [-0.25, -0.2) is 8.42 Å². The van der Waals surface area contributed by atoms with E-state index in [4.69, 9.17) is 5.73 Å². The van der Waals surface area contributed by atoms with E-state index in [0.717, 1.165) is 7.11 Å². The Balaban J connectivity index is 3.29. The van der Waals surface area contributed by atoms with Crippen LogP contribution in [0.25, 0.3) is 0 Å². The highest BCUT2D eigenvalue weighted by Gasteiger charge is 2.43. The lowest BCUT2D eigenvalue weighted by molar-refractivity contribution is -0.142. The summed E-state index contributed by atoms with van der Waals surface area (Å²) in [5.74, 6) is -0.797. The van der Waals surface area contributed by atoms with Crippen LogP contribution in [0.3, 0.4) is 0 Å². The molecule has 0 spiro atoms. The van der Waals surface area contributed by atoms with Crippen LogP contribution in [0.1, 0.15) is 13.8 Å². The lowest BCUT2D eigenvalue weighted by Gasteiger charge is -2.21. The minimum atomic E-state index is -3.80. The predicted octanol–water partition coefficient (Wildman–Crippen LogP) is 0.994. The molecular formula is C11H15NO4S. The van der Waals surface area contributed by atoms with Gasteiger partial charge in [0.25, 0.3) is 0 Å². The van der Waals surface area contributed by atoms with E-state index < -0.39 is 20.6 Å². The molecule has 6 heteroatoms. The molecule has 0 aliphatic heterocycles. The summed E-state index contributed by atoms with van der Waals surface area (Å²) in [6.07, 6.45) is 0. The number of nitrogen functional groups attached to an aromatic ring is 1. The van der Waals surface area contributed by atoms with E-state index in [-0.39, 0.29) is 4.90 Å². The largest absolute Gasteiger partial charge is 0.468 e. The molecule has 0 heterocycles. The number of hydrogen-bond donors (Lipinski definition) is 1. The highest BCUT2D eigenvalue weighted by molar-refractivity contribution is 7.93. The molecule has 0 aromatic heterocycles. The van der Waals surface area contributed by atoms with Crippen LogP contribution < -0.4 is 5.73 Å². The van der Waals surface area contributed by atoms with Crippen molar-refractivity contribution in [2.75, 3.05) is 12.8 Å². The van der Waals surface area contributed by atoms with Crippen molar-refractivity contribution < 1.29 is 17.9 Å². The van der Waals surface area contributed by atoms with E-state index in [2.05, 4.69) is 4.74 Å². The number of rotatable bonds is 3. The van der Waals surface area contributed by atoms with Crippen LogP contribution in [0.15, 0.2) is 29.2 Å². The lowest BCUT2D eigenvalue weighted by atomic mass is 10.2. The Morgan fingerprint density at radius 1 is 1.24 bits per heavy atom. The molecule has 0 atom stereocenters. The van der Waals surface area contributed by atoms with Crippen molar-refractivity contribution in [3.63, 3.8) is 0 Å². The van der Waals surface area contributed by atoms with E-state index in [9.17, 15) is 13.2 Å². The number of methoxy groups -OCH3 is 1. The van der Waals surface area contributed by atoms with Crippen molar-refractivity contribution in [1.82, 2.24) is 0 Å². The number of carbonyl (C=O) groups excluding carboxylic acids is 1. The molecule has 1 aromatic carbocycles. The number of anilines is 1. The maximum atomic E-state index is 12.2. The number of hydrogen-bond acceptors (Lipinski definition) is 5. The predicted molar refractivity (Wildman–Crippen MR) is 64.1 cm³/mol. The van der Waals surface area contributed by atoms with Crippen molar-refractivity contribution >= 4 is 21.5 Å². The van der Waals surface area contributed by atoms with E-state index >= 15 is 0 Å². The van der Waals surface area contributed by atoms with Gasteiger partial charge in [-0.15, -0.1) is 0 Å². The number of nitrogens with two attached hydrogens (primary N) is 1. The molecule has 0 bridgehead atoms. The van der Waals surface area contributed by atoms with Crippen LogP contribution in [-0.2, 0) is 19.4 Å². The van der Waals surface area contributed by atoms with Gasteiger partial charge in [0, 0.05) is 5.69 Å². The van der Waals surface area contributed by atoms with Crippen molar-refractivity contribution in [3.05, 3.63) is 24.3 Å². The number of ether oxygens (including phenoxy) is 1. The quantitative estimate of drug-likeness (QED) is 0.644. The molecule has 1 aromatic rings. The molecule has 0 aliphatic rings. The van der Waals surface area contributed by atoms with Crippen molar-refractivity contribution in [1.29, 1.82) is 0 Å². The zero-order valence-corrected chi connectivity index (χ0v) is 10.7. The van der Waals surface area contributed by atoms with Crippen molar-refractivity contribution in [2.24, 2.45) is 0 Å². The molecule has 17 heavy (non-hydrogen) atoms. The number of benzene rings is 1. The van der Waals surface area contributed by atoms with Gasteiger partial charge in [-0.1, -0.05) is 0 Å². The average Bonchev–Trinajstić information content (AvgIpc) is 2.28. The van der Waals surface area contributed by atoms with Gasteiger partial charge < -0.3 is 10.5 Å². The fourth-order valence-corrected chi connectivity index (χ4v) is 2.68. The molecule has 0 radical (unpaired) electrons. The summed E-state index contributed by atoms with van der Waals surface area (Å²) in [5, 5.41) is 0. The van der Waals surface area contributed by atoms with Gasteiger partial charge in [-0.05, 0) is 38.1 Å². The van der Waals surface area contributed by atoms with Gasteiger partial charge in [0.05, 0.1) is 12.0 Å². The van der Waals surface area contributed by atoms with Gasteiger partial charge in [-0.2, -0.15) is 0 Å².